The van der Waals surface area contributed by atoms with Gasteiger partial charge in [-0.1, -0.05) is 6.07 Å². The fraction of sp³-hybridized carbons (Fsp3) is 0.250. The Kier molecular flexibility index (Phi) is 4.85. The Balaban J connectivity index is 1.47. The van der Waals surface area contributed by atoms with E-state index >= 15 is 0 Å². The van der Waals surface area contributed by atoms with Gasteiger partial charge < -0.3 is 16.0 Å². The zero-order valence-electron chi connectivity index (χ0n) is 14.6. The van der Waals surface area contributed by atoms with Crippen LogP contribution in [0.25, 0.3) is 0 Å². The van der Waals surface area contributed by atoms with Crippen LogP contribution in [0, 0.1) is 5.92 Å². The second-order valence-electron chi connectivity index (χ2n) is 6.66. The van der Waals surface area contributed by atoms with Gasteiger partial charge in [0.2, 0.25) is 11.8 Å². The zero-order valence-corrected chi connectivity index (χ0v) is 15.4. The average molecular weight is 381 g/mol. The zero-order chi connectivity index (χ0) is 18.8. The van der Waals surface area contributed by atoms with Gasteiger partial charge in [-0.3, -0.25) is 14.4 Å². The van der Waals surface area contributed by atoms with Crippen molar-refractivity contribution in [2.75, 3.05) is 21.7 Å². The molecule has 0 unspecified atom stereocenters. The Morgan fingerprint density at radius 2 is 1.81 bits per heavy atom. The van der Waals surface area contributed by atoms with Crippen LogP contribution in [0.2, 0.25) is 0 Å². The van der Waals surface area contributed by atoms with Gasteiger partial charge in [0.15, 0.2) is 0 Å². The molecular formula is C20H19N3O3S. The van der Waals surface area contributed by atoms with E-state index in [-0.39, 0.29) is 23.6 Å². The summed E-state index contributed by atoms with van der Waals surface area (Å²) in [6.07, 6.45) is 2.34. The van der Waals surface area contributed by atoms with Gasteiger partial charge in [0, 0.05) is 39.9 Å². The van der Waals surface area contributed by atoms with E-state index in [1.807, 2.05) is 6.07 Å². The summed E-state index contributed by atoms with van der Waals surface area (Å²) >= 11 is 1.60. The Hall–Kier alpha value is -2.80. The molecule has 0 bridgehead atoms. The average Bonchev–Trinajstić information content (AvgIpc) is 3.48. The minimum absolute atomic E-state index is 0.0254. The maximum Gasteiger partial charge on any atom is 0.255 e. The summed E-state index contributed by atoms with van der Waals surface area (Å²) < 4.78 is 0. The molecule has 2 aromatic rings. The molecular weight excluding hydrogens is 362 g/mol. The Bertz CT molecular complexity index is 924. The SMILES string of the molecule is O=C1CCSc2ccc(C(=O)Nc3cccc(NC(=O)C4CC4)c3)cc2N1. The molecule has 4 rings (SSSR count). The summed E-state index contributed by atoms with van der Waals surface area (Å²) in [6.45, 7) is 0. The number of fused-ring (bicyclic) bond motifs is 1. The van der Waals surface area contributed by atoms with E-state index in [9.17, 15) is 14.4 Å². The minimum atomic E-state index is -0.271. The van der Waals surface area contributed by atoms with Crippen molar-refractivity contribution in [3.05, 3.63) is 48.0 Å². The fourth-order valence-electron chi connectivity index (χ4n) is 2.83. The lowest BCUT2D eigenvalue weighted by Crippen LogP contribution is -2.15. The lowest BCUT2D eigenvalue weighted by Gasteiger charge is -2.11. The Labute approximate surface area is 161 Å². The standard InChI is InChI=1S/C20H19N3O3S/c24-18-8-9-27-17-7-6-13(10-16(17)23-18)20(26)22-15-3-1-2-14(11-15)21-19(25)12-4-5-12/h1-3,6-7,10-12H,4-5,8-9H2,(H,21,25)(H,22,26)(H,23,24). The predicted molar refractivity (Wildman–Crippen MR) is 106 cm³/mol. The highest BCUT2D eigenvalue weighted by Crippen LogP contribution is 2.32. The van der Waals surface area contributed by atoms with E-state index in [1.54, 1.807) is 48.2 Å². The molecule has 1 fully saturated rings. The quantitative estimate of drug-likeness (QED) is 0.753. The topological polar surface area (TPSA) is 87.3 Å². The molecule has 1 heterocycles. The normalized spacial score (nSPS) is 15.9. The second-order valence-corrected chi connectivity index (χ2v) is 7.79. The van der Waals surface area contributed by atoms with Gasteiger partial charge in [-0.15, -0.1) is 11.8 Å². The summed E-state index contributed by atoms with van der Waals surface area (Å²) in [7, 11) is 0. The van der Waals surface area contributed by atoms with Crippen LogP contribution in [0.15, 0.2) is 47.4 Å². The Morgan fingerprint density at radius 1 is 1.04 bits per heavy atom. The van der Waals surface area contributed by atoms with Gasteiger partial charge in [0.25, 0.3) is 5.91 Å². The third-order valence-corrected chi connectivity index (χ3v) is 5.51. The first-order chi connectivity index (χ1) is 13.1. The lowest BCUT2D eigenvalue weighted by atomic mass is 10.1. The van der Waals surface area contributed by atoms with Gasteiger partial charge in [-0.25, -0.2) is 0 Å². The molecule has 7 heteroatoms. The summed E-state index contributed by atoms with van der Waals surface area (Å²) in [4.78, 5) is 37.2. The minimum Gasteiger partial charge on any atom is -0.326 e. The number of hydrogen-bond acceptors (Lipinski definition) is 4. The van der Waals surface area contributed by atoms with Crippen molar-refractivity contribution in [3.8, 4) is 0 Å². The summed E-state index contributed by atoms with van der Waals surface area (Å²) in [5.74, 6) is 0.558. The molecule has 0 radical (unpaired) electrons. The first kappa shape index (κ1) is 17.6. The largest absolute Gasteiger partial charge is 0.326 e. The molecule has 0 atom stereocenters. The van der Waals surface area contributed by atoms with Gasteiger partial charge in [0.05, 0.1) is 5.69 Å². The number of nitrogens with one attached hydrogen (secondary N) is 3. The van der Waals surface area contributed by atoms with E-state index < -0.39 is 0 Å². The number of amides is 3. The molecule has 0 aromatic heterocycles. The van der Waals surface area contributed by atoms with Gasteiger partial charge in [-0.05, 0) is 49.2 Å². The number of hydrogen-bond donors (Lipinski definition) is 3. The lowest BCUT2D eigenvalue weighted by molar-refractivity contribution is -0.117. The summed E-state index contributed by atoms with van der Waals surface area (Å²) in [5, 5.41) is 8.55. The molecule has 27 heavy (non-hydrogen) atoms. The molecule has 2 aliphatic rings. The Morgan fingerprint density at radius 3 is 2.59 bits per heavy atom. The molecule has 1 aliphatic carbocycles. The second kappa shape index (κ2) is 7.44. The molecule has 0 spiro atoms. The van der Waals surface area contributed by atoms with Crippen LogP contribution in [0.3, 0.4) is 0 Å². The third kappa shape index (κ3) is 4.31. The molecule has 138 valence electrons. The van der Waals surface area contributed by atoms with Crippen molar-refractivity contribution in [1.82, 2.24) is 0 Å². The molecule has 1 saturated carbocycles. The fourth-order valence-corrected chi connectivity index (χ4v) is 3.77. The first-order valence-electron chi connectivity index (χ1n) is 8.87. The summed E-state index contributed by atoms with van der Waals surface area (Å²) in [6, 6.07) is 12.4. The van der Waals surface area contributed by atoms with Crippen molar-refractivity contribution in [3.63, 3.8) is 0 Å². The van der Waals surface area contributed by atoms with Crippen molar-refractivity contribution in [2.24, 2.45) is 5.92 Å². The van der Waals surface area contributed by atoms with Gasteiger partial charge in [-0.2, -0.15) is 0 Å². The first-order valence-corrected chi connectivity index (χ1v) is 9.86. The van der Waals surface area contributed by atoms with E-state index in [0.717, 1.165) is 23.5 Å². The molecule has 1 aliphatic heterocycles. The van der Waals surface area contributed by atoms with Crippen molar-refractivity contribution in [1.29, 1.82) is 0 Å². The number of benzene rings is 2. The highest BCUT2D eigenvalue weighted by atomic mass is 32.2. The van der Waals surface area contributed by atoms with Crippen LogP contribution in [-0.2, 0) is 9.59 Å². The van der Waals surface area contributed by atoms with Crippen LogP contribution >= 0.6 is 11.8 Å². The van der Waals surface area contributed by atoms with Gasteiger partial charge in [0.1, 0.15) is 0 Å². The number of carbonyl (C=O) groups is 3. The molecule has 2 aromatic carbocycles. The van der Waals surface area contributed by atoms with E-state index in [4.69, 9.17) is 0 Å². The highest BCUT2D eigenvalue weighted by molar-refractivity contribution is 7.99. The van der Waals surface area contributed by atoms with Crippen LogP contribution < -0.4 is 16.0 Å². The molecule has 3 N–H and O–H groups in total. The summed E-state index contributed by atoms with van der Waals surface area (Å²) in [5.41, 5.74) is 2.39. The van der Waals surface area contributed by atoms with E-state index in [2.05, 4.69) is 16.0 Å². The smallest absolute Gasteiger partial charge is 0.255 e. The molecule has 3 amide bonds. The number of anilines is 3. The van der Waals surface area contributed by atoms with Gasteiger partial charge >= 0.3 is 0 Å². The van der Waals surface area contributed by atoms with Crippen molar-refractivity contribution >= 4 is 46.5 Å². The monoisotopic (exact) mass is 381 g/mol. The number of carbonyl (C=O) groups excluding carboxylic acids is 3. The van der Waals surface area contributed by atoms with E-state index in [1.165, 1.54) is 0 Å². The third-order valence-electron chi connectivity index (χ3n) is 4.44. The molecule has 0 saturated heterocycles. The van der Waals surface area contributed by atoms with Crippen LogP contribution in [0.4, 0.5) is 17.1 Å². The van der Waals surface area contributed by atoms with Crippen molar-refractivity contribution in [2.45, 2.75) is 24.2 Å². The number of thioether (sulfide) groups is 1. The molecule has 6 nitrogen and oxygen atoms in total. The van der Waals surface area contributed by atoms with E-state index in [0.29, 0.717) is 29.0 Å². The predicted octanol–water partition coefficient (Wildman–Crippen LogP) is 3.72. The maximum absolute atomic E-state index is 12.6. The van der Waals surface area contributed by atoms with Crippen molar-refractivity contribution < 1.29 is 14.4 Å². The van der Waals surface area contributed by atoms with Crippen LogP contribution in [-0.4, -0.2) is 23.5 Å². The van der Waals surface area contributed by atoms with Crippen LogP contribution in [0.1, 0.15) is 29.6 Å². The maximum atomic E-state index is 12.6. The highest BCUT2D eigenvalue weighted by Gasteiger charge is 2.29. The van der Waals surface area contributed by atoms with Crippen LogP contribution in [0.5, 0.6) is 0 Å². The number of rotatable bonds is 4.